The van der Waals surface area contributed by atoms with Gasteiger partial charge in [0.05, 0.1) is 6.61 Å². The maximum atomic E-state index is 12.7. The fourth-order valence-corrected chi connectivity index (χ4v) is 1.94. The molecule has 1 heterocycles. The highest BCUT2D eigenvalue weighted by Gasteiger charge is 2.36. The number of ether oxygens (including phenoxy) is 1. The predicted octanol–water partition coefficient (Wildman–Crippen LogP) is 3.14. The van der Waals surface area contributed by atoms with E-state index >= 15 is 0 Å². The number of rotatable bonds is 4. The lowest BCUT2D eigenvalue weighted by Crippen LogP contribution is -2.13. The Kier molecular flexibility index (Phi) is 4.51. The van der Waals surface area contributed by atoms with Crippen molar-refractivity contribution in [2.45, 2.75) is 19.7 Å². The first-order valence-electron chi connectivity index (χ1n) is 6.34. The van der Waals surface area contributed by atoms with E-state index in [1.165, 1.54) is 14.0 Å². The number of carbonyl (C=O) groups excluding carboxylic acids is 1. The van der Waals surface area contributed by atoms with Crippen LogP contribution in [-0.2, 0) is 17.5 Å². The zero-order valence-electron chi connectivity index (χ0n) is 11.9. The minimum atomic E-state index is -4.54. The van der Waals surface area contributed by atoms with Crippen LogP contribution in [0, 0.1) is 6.92 Å². The van der Waals surface area contributed by atoms with Crippen LogP contribution in [0.3, 0.4) is 0 Å². The number of amides is 1. The lowest BCUT2D eigenvalue weighted by Gasteiger charge is -2.07. The lowest BCUT2D eigenvalue weighted by atomic mass is 10.1. The second-order valence-corrected chi connectivity index (χ2v) is 4.66. The summed E-state index contributed by atoms with van der Waals surface area (Å²) in [6.07, 6.45) is -4.54. The molecule has 2 rings (SSSR count). The lowest BCUT2D eigenvalue weighted by molar-refractivity contribution is -0.141. The van der Waals surface area contributed by atoms with Gasteiger partial charge in [0.25, 0.3) is 5.91 Å². The number of nitrogens with one attached hydrogen (secondary N) is 2. The molecule has 2 aromatic rings. The summed E-state index contributed by atoms with van der Waals surface area (Å²) in [5.41, 5.74) is -0.0415. The number of alkyl halides is 3. The highest BCUT2D eigenvalue weighted by molar-refractivity contribution is 6.04. The number of aromatic nitrogens is 2. The first kappa shape index (κ1) is 16.0. The Labute approximate surface area is 124 Å². The van der Waals surface area contributed by atoms with Crippen LogP contribution in [0.2, 0.25) is 0 Å². The van der Waals surface area contributed by atoms with E-state index in [-0.39, 0.29) is 11.4 Å². The van der Waals surface area contributed by atoms with E-state index < -0.39 is 17.8 Å². The van der Waals surface area contributed by atoms with Crippen LogP contribution in [-0.4, -0.2) is 23.2 Å². The quantitative estimate of drug-likeness (QED) is 0.911. The third-order valence-corrected chi connectivity index (χ3v) is 3.03. The van der Waals surface area contributed by atoms with Crippen molar-refractivity contribution in [2.75, 3.05) is 12.4 Å². The van der Waals surface area contributed by atoms with Crippen LogP contribution < -0.4 is 5.32 Å². The molecule has 2 N–H and O–H groups in total. The fourth-order valence-electron chi connectivity index (χ4n) is 1.94. The number of H-pyrrole nitrogens is 1. The fraction of sp³-hybridized carbons (Fsp3) is 0.286. The van der Waals surface area contributed by atoms with Gasteiger partial charge in [0, 0.05) is 18.2 Å². The molecule has 0 fully saturated rings. The van der Waals surface area contributed by atoms with Crippen LogP contribution >= 0.6 is 0 Å². The maximum absolute atomic E-state index is 12.7. The Balaban J connectivity index is 2.19. The van der Waals surface area contributed by atoms with Gasteiger partial charge in [-0.25, -0.2) is 0 Å². The molecule has 118 valence electrons. The average Bonchev–Trinajstić information content (AvgIpc) is 2.81. The molecule has 0 spiro atoms. The third kappa shape index (κ3) is 3.45. The van der Waals surface area contributed by atoms with Gasteiger partial charge in [-0.05, 0) is 24.6 Å². The van der Waals surface area contributed by atoms with Crippen molar-refractivity contribution < 1.29 is 22.7 Å². The molecule has 8 heteroatoms. The Morgan fingerprint density at radius 2 is 2.14 bits per heavy atom. The summed E-state index contributed by atoms with van der Waals surface area (Å²) in [5, 5.41) is 7.76. The average molecular weight is 313 g/mol. The molecule has 0 aliphatic rings. The largest absolute Gasteiger partial charge is 0.433 e. The zero-order valence-corrected chi connectivity index (χ0v) is 11.9. The second kappa shape index (κ2) is 6.18. The van der Waals surface area contributed by atoms with E-state index in [1.54, 1.807) is 24.3 Å². The van der Waals surface area contributed by atoms with Crippen LogP contribution in [0.4, 0.5) is 19.0 Å². The monoisotopic (exact) mass is 313 g/mol. The number of hydrogen-bond donors (Lipinski definition) is 2. The third-order valence-electron chi connectivity index (χ3n) is 3.03. The summed E-state index contributed by atoms with van der Waals surface area (Å²) in [4.78, 5) is 12.1. The molecule has 0 saturated heterocycles. The molecule has 0 unspecified atom stereocenters. The number of hydrogen-bond acceptors (Lipinski definition) is 3. The van der Waals surface area contributed by atoms with Crippen molar-refractivity contribution in [1.82, 2.24) is 10.2 Å². The van der Waals surface area contributed by atoms with E-state index in [1.807, 2.05) is 5.10 Å². The van der Waals surface area contributed by atoms with E-state index in [2.05, 4.69) is 10.4 Å². The summed E-state index contributed by atoms with van der Waals surface area (Å²) in [5.74, 6) is -0.684. The molecule has 0 saturated carbocycles. The van der Waals surface area contributed by atoms with Gasteiger partial charge in [-0.1, -0.05) is 12.1 Å². The highest BCUT2D eigenvalue weighted by Crippen LogP contribution is 2.32. The Morgan fingerprint density at radius 3 is 2.73 bits per heavy atom. The number of methoxy groups -OCH3 is 1. The number of nitrogens with zero attached hydrogens (tertiary/aromatic N) is 1. The summed E-state index contributed by atoms with van der Waals surface area (Å²) < 4.78 is 43.0. The zero-order chi connectivity index (χ0) is 16.3. The second-order valence-electron chi connectivity index (χ2n) is 4.66. The summed E-state index contributed by atoms with van der Waals surface area (Å²) in [7, 11) is 1.53. The standard InChI is InChI=1S/C14H14F3N3O2/c1-8-11(14(15,16)17)19-20-12(8)18-13(21)10-5-3-4-9(6-10)7-22-2/h3-6H,7H2,1-2H3,(H2,18,19,20,21). The van der Waals surface area contributed by atoms with Gasteiger partial charge in [-0.2, -0.15) is 18.3 Å². The van der Waals surface area contributed by atoms with Gasteiger partial charge in [-0.15, -0.1) is 0 Å². The molecular weight excluding hydrogens is 299 g/mol. The van der Waals surface area contributed by atoms with E-state index in [0.717, 1.165) is 5.56 Å². The molecule has 5 nitrogen and oxygen atoms in total. The van der Waals surface area contributed by atoms with Gasteiger partial charge in [0.1, 0.15) is 5.69 Å². The Morgan fingerprint density at radius 1 is 1.41 bits per heavy atom. The molecule has 0 atom stereocenters. The van der Waals surface area contributed by atoms with Gasteiger partial charge < -0.3 is 10.1 Å². The minimum Gasteiger partial charge on any atom is -0.380 e. The van der Waals surface area contributed by atoms with Gasteiger partial charge in [-0.3, -0.25) is 9.89 Å². The smallest absolute Gasteiger partial charge is 0.380 e. The molecule has 0 bridgehead atoms. The van der Waals surface area contributed by atoms with Crippen molar-refractivity contribution in [3.05, 3.63) is 46.6 Å². The number of benzene rings is 1. The first-order valence-corrected chi connectivity index (χ1v) is 6.34. The van der Waals surface area contributed by atoms with Gasteiger partial charge in [0.15, 0.2) is 5.82 Å². The molecule has 1 aromatic carbocycles. The molecule has 1 aromatic heterocycles. The Hall–Kier alpha value is -2.35. The number of aromatic amines is 1. The van der Waals surface area contributed by atoms with E-state index in [9.17, 15) is 18.0 Å². The Bertz CT molecular complexity index is 680. The first-order chi connectivity index (χ1) is 10.3. The topological polar surface area (TPSA) is 67.0 Å². The summed E-state index contributed by atoms with van der Waals surface area (Å²) in [6, 6.07) is 6.61. The van der Waals surface area contributed by atoms with E-state index in [4.69, 9.17) is 4.74 Å². The summed E-state index contributed by atoms with van der Waals surface area (Å²) in [6.45, 7) is 1.57. The predicted molar refractivity (Wildman–Crippen MR) is 73.4 cm³/mol. The number of halogens is 3. The summed E-state index contributed by atoms with van der Waals surface area (Å²) >= 11 is 0. The minimum absolute atomic E-state index is 0.144. The number of carbonyl (C=O) groups is 1. The van der Waals surface area contributed by atoms with Crippen molar-refractivity contribution in [1.29, 1.82) is 0 Å². The van der Waals surface area contributed by atoms with Crippen molar-refractivity contribution in [3.63, 3.8) is 0 Å². The van der Waals surface area contributed by atoms with Crippen molar-refractivity contribution in [3.8, 4) is 0 Å². The van der Waals surface area contributed by atoms with Crippen LogP contribution in [0.1, 0.15) is 27.2 Å². The normalized spacial score (nSPS) is 11.5. The van der Waals surface area contributed by atoms with Crippen LogP contribution in [0.5, 0.6) is 0 Å². The van der Waals surface area contributed by atoms with Gasteiger partial charge in [0.2, 0.25) is 0 Å². The van der Waals surface area contributed by atoms with Crippen molar-refractivity contribution >= 4 is 11.7 Å². The van der Waals surface area contributed by atoms with Crippen molar-refractivity contribution in [2.24, 2.45) is 0 Å². The molecule has 0 aliphatic carbocycles. The van der Waals surface area contributed by atoms with Crippen LogP contribution in [0.15, 0.2) is 24.3 Å². The molecule has 0 aliphatic heterocycles. The highest BCUT2D eigenvalue weighted by atomic mass is 19.4. The molecule has 22 heavy (non-hydrogen) atoms. The molecule has 1 amide bonds. The van der Waals surface area contributed by atoms with Gasteiger partial charge >= 0.3 is 6.18 Å². The molecule has 0 radical (unpaired) electrons. The van der Waals surface area contributed by atoms with E-state index in [0.29, 0.717) is 12.2 Å². The SMILES string of the molecule is COCc1cccc(C(=O)Nc2n[nH]c(C(F)(F)F)c2C)c1. The maximum Gasteiger partial charge on any atom is 0.433 e. The van der Waals surface area contributed by atoms with Crippen LogP contribution in [0.25, 0.3) is 0 Å². The number of anilines is 1. The molecular formula is C14H14F3N3O2.